The Bertz CT molecular complexity index is 1140. The van der Waals surface area contributed by atoms with Crippen molar-refractivity contribution < 1.29 is 9.59 Å². The molecule has 0 bridgehead atoms. The van der Waals surface area contributed by atoms with E-state index in [9.17, 15) is 9.59 Å². The molecule has 2 amide bonds. The third kappa shape index (κ3) is 8.37. The third-order valence-electron chi connectivity index (χ3n) is 6.84. The zero-order chi connectivity index (χ0) is 25.9. The molecule has 0 radical (unpaired) electrons. The molecule has 3 aromatic rings. The summed E-state index contributed by atoms with van der Waals surface area (Å²) in [4.78, 5) is 29.2. The highest BCUT2D eigenvalue weighted by molar-refractivity contribution is 7.98. The van der Waals surface area contributed by atoms with Crippen LogP contribution in [0.4, 0.5) is 0 Å². The topological polar surface area (TPSA) is 49.4 Å². The molecule has 37 heavy (non-hydrogen) atoms. The lowest BCUT2D eigenvalue weighted by molar-refractivity contribution is -0.141. The molecule has 3 aromatic carbocycles. The number of rotatable bonds is 12. The van der Waals surface area contributed by atoms with Gasteiger partial charge < -0.3 is 10.2 Å². The van der Waals surface area contributed by atoms with E-state index in [0.29, 0.717) is 30.2 Å². The van der Waals surface area contributed by atoms with Crippen LogP contribution in [0.1, 0.15) is 48.8 Å². The molecule has 4 nitrogen and oxygen atoms in total. The number of nitrogens with zero attached hydrogens (tertiary/aromatic N) is 1. The number of hydrogen-bond donors (Lipinski definition) is 1. The summed E-state index contributed by atoms with van der Waals surface area (Å²) in [6, 6.07) is 27.4. The van der Waals surface area contributed by atoms with Crippen molar-refractivity contribution in [2.75, 3.05) is 5.75 Å². The average molecular weight is 535 g/mol. The van der Waals surface area contributed by atoms with E-state index < -0.39 is 6.04 Å². The maximum absolute atomic E-state index is 13.7. The maximum Gasteiger partial charge on any atom is 0.243 e. The minimum atomic E-state index is -0.606. The number of halogens is 1. The number of nitrogens with one attached hydrogen (secondary N) is 1. The van der Waals surface area contributed by atoms with E-state index in [1.807, 2.05) is 72.8 Å². The highest BCUT2D eigenvalue weighted by Crippen LogP contribution is 2.23. The average Bonchev–Trinajstić information content (AvgIpc) is 3.43. The number of amides is 2. The fourth-order valence-electron chi connectivity index (χ4n) is 4.80. The monoisotopic (exact) mass is 534 g/mol. The van der Waals surface area contributed by atoms with Crippen LogP contribution in [0, 0.1) is 0 Å². The second-order valence-electron chi connectivity index (χ2n) is 9.60. The molecule has 4 rings (SSSR count). The molecule has 0 spiro atoms. The summed E-state index contributed by atoms with van der Waals surface area (Å²) in [5, 5.41) is 3.86. The van der Waals surface area contributed by atoms with E-state index >= 15 is 0 Å². The van der Waals surface area contributed by atoms with Gasteiger partial charge in [0.2, 0.25) is 11.8 Å². The molecule has 194 valence electrons. The molecule has 1 atom stereocenters. The van der Waals surface area contributed by atoms with Gasteiger partial charge in [-0.15, -0.1) is 0 Å². The van der Waals surface area contributed by atoms with Crippen LogP contribution in [0.3, 0.4) is 0 Å². The Morgan fingerprint density at radius 2 is 1.51 bits per heavy atom. The Morgan fingerprint density at radius 1 is 0.892 bits per heavy atom. The van der Waals surface area contributed by atoms with Crippen LogP contribution in [0.2, 0.25) is 5.02 Å². The first kappa shape index (κ1) is 27.3. The summed E-state index contributed by atoms with van der Waals surface area (Å²) in [7, 11) is 0. The molecule has 0 saturated heterocycles. The molecule has 1 N–H and O–H groups in total. The standard InChI is InChI=1S/C31H35ClN2O2S/c32-28-18-10-7-15-26(28)22-34(30(35)19-20-37-23-25-13-5-2-6-14-25)29(21-24-11-3-1-4-12-24)31(36)33-27-16-8-9-17-27/h1-7,10-15,18,27,29H,8-9,16-17,19-23H2,(H,33,36). The first-order chi connectivity index (χ1) is 18.1. The smallest absolute Gasteiger partial charge is 0.243 e. The number of hydrogen-bond acceptors (Lipinski definition) is 3. The van der Waals surface area contributed by atoms with Gasteiger partial charge in [0.1, 0.15) is 6.04 Å². The van der Waals surface area contributed by atoms with Crippen LogP contribution in [0.5, 0.6) is 0 Å². The van der Waals surface area contributed by atoms with Crippen molar-refractivity contribution in [2.45, 2.75) is 62.9 Å². The van der Waals surface area contributed by atoms with Gasteiger partial charge in [-0.2, -0.15) is 11.8 Å². The van der Waals surface area contributed by atoms with Gasteiger partial charge in [0, 0.05) is 42.0 Å². The van der Waals surface area contributed by atoms with Crippen molar-refractivity contribution in [1.29, 1.82) is 0 Å². The van der Waals surface area contributed by atoms with Gasteiger partial charge in [0.25, 0.3) is 0 Å². The highest BCUT2D eigenvalue weighted by Gasteiger charge is 2.32. The van der Waals surface area contributed by atoms with Crippen molar-refractivity contribution in [1.82, 2.24) is 10.2 Å². The molecule has 1 saturated carbocycles. The van der Waals surface area contributed by atoms with Gasteiger partial charge in [-0.3, -0.25) is 9.59 Å². The minimum Gasteiger partial charge on any atom is -0.352 e. The number of thioether (sulfide) groups is 1. The molecular weight excluding hydrogens is 500 g/mol. The fraction of sp³-hybridized carbons (Fsp3) is 0.355. The van der Waals surface area contributed by atoms with E-state index in [0.717, 1.165) is 42.6 Å². The van der Waals surface area contributed by atoms with Crippen molar-refractivity contribution in [3.63, 3.8) is 0 Å². The number of benzene rings is 3. The molecule has 1 fully saturated rings. The van der Waals surface area contributed by atoms with E-state index in [4.69, 9.17) is 11.6 Å². The summed E-state index contributed by atoms with van der Waals surface area (Å²) in [6.45, 7) is 0.303. The van der Waals surface area contributed by atoms with Gasteiger partial charge in [-0.05, 0) is 35.6 Å². The van der Waals surface area contributed by atoms with Crippen LogP contribution in [-0.4, -0.2) is 34.6 Å². The predicted molar refractivity (Wildman–Crippen MR) is 154 cm³/mol. The maximum atomic E-state index is 13.7. The van der Waals surface area contributed by atoms with Crippen LogP contribution in [0.25, 0.3) is 0 Å². The van der Waals surface area contributed by atoms with E-state index in [2.05, 4.69) is 17.4 Å². The first-order valence-electron chi connectivity index (χ1n) is 13.1. The van der Waals surface area contributed by atoms with Crippen molar-refractivity contribution >= 4 is 35.2 Å². The summed E-state index contributed by atoms with van der Waals surface area (Å²) in [5.74, 6) is 1.44. The second kappa shape index (κ2) is 14.3. The van der Waals surface area contributed by atoms with Crippen LogP contribution < -0.4 is 5.32 Å². The van der Waals surface area contributed by atoms with Gasteiger partial charge >= 0.3 is 0 Å². The molecule has 1 aliphatic rings. The van der Waals surface area contributed by atoms with Crippen molar-refractivity contribution in [3.8, 4) is 0 Å². The van der Waals surface area contributed by atoms with Gasteiger partial charge in [0.15, 0.2) is 0 Å². The Hall–Kier alpha value is -2.76. The Morgan fingerprint density at radius 3 is 2.19 bits per heavy atom. The van der Waals surface area contributed by atoms with Crippen LogP contribution >= 0.6 is 23.4 Å². The van der Waals surface area contributed by atoms with Gasteiger partial charge in [-0.25, -0.2) is 0 Å². The second-order valence-corrected chi connectivity index (χ2v) is 11.1. The highest BCUT2D eigenvalue weighted by atomic mass is 35.5. The third-order valence-corrected chi connectivity index (χ3v) is 8.24. The van der Waals surface area contributed by atoms with Crippen LogP contribution in [-0.2, 0) is 28.3 Å². The number of carbonyl (C=O) groups is 2. The Balaban J connectivity index is 1.53. The Labute approximate surface area is 229 Å². The summed E-state index contributed by atoms with van der Waals surface area (Å²) in [6.07, 6.45) is 5.10. The van der Waals surface area contributed by atoms with Crippen molar-refractivity contribution in [2.24, 2.45) is 0 Å². The van der Waals surface area contributed by atoms with E-state index in [-0.39, 0.29) is 17.9 Å². The zero-order valence-corrected chi connectivity index (χ0v) is 22.7. The number of carbonyl (C=O) groups excluding carboxylic acids is 2. The van der Waals surface area contributed by atoms with Gasteiger partial charge in [0.05, 0.1) is 0 Å². The molecule has 1 aliphatic carbocycles. The lowest BCUT2D eigenvalue weighted by atomic mass is 10.0. The summed E-state index contributed by atoms with van der Waals surface area (Å²) >= 11 is 8.24. The minimum absolute atomic E-state index is 0.0250. The summed E-state index contributed by atoms with van der Waals surface area (Å²) < 4.78 is 0. The lowest BCUT2D eigenvalue weighted by Crippen LogP contribution is -2.52. The lowest BCUT2D eigenvalue weighted by Gasteiger charge is -2.32. The predicted octanol–water partition coefficient (Wildman–Crippen LogP) is 6.66. The van der Waals surface area contributed by atoms with Gasteiger partial charge in [-0.1, -0.05) is 103 Å². The fourth-order valence-corrected chi connectivity index (χ4v) is 5.89. The quantitative estimate of drug-likeness (QED) is 0.264. The SMILES string of the molecule is O=C(NC1CCCC1)C(Cc1ccccc1)N(Cc1ccccc1Cl)C(=O)CCSCc1ccccc1. The van der Waals surface area contributed by atoms with Crippen molar-refractivity contribution in [3.05, 3.63) is 107 Å². The first-order valence-corrected chi connectivity index (χ1v) is 14.6. The molecule has 6 heteroatoms. The summed E-state index contributed by atoms with van der Waals surface area (Å²) in [5.41, 5.74) is 3.12. The largest absolute Gasteiger partial charge is 0.352 e. The normalized spacial score (nSPS) is 14.3. The zero-order valence-electron chi connectivity index (χ0n) is 21.2. The molecule has 0 aromatic heterocycles. The molecule has 1 unspecified atom stereocenters. The van der Waals surface area contributed by atoms with Crippen LogP contribution in [0.15, 0.2) is 84.9 Å². The molecular formula is C31H35ClN2O2S. The van der Waals surface area contributed by atoms with E-state index in [1.165, 1.54) is 5.56 Å². The van der Waals surface area contributed by atoms with E-state index in [1.54, 1.807) is 16.7 Å². The molecule has 0 heterocycles. The Kier molecular flexibility index (Phi) is 10.5. The molecule has 0 aliphatic heterocycles.